The van der Waals surface area contributed by atoms with Crippen LogP contribution in [0, 0.1) is 5.92 Å². The molecule has 1 rings (SSSR count). The van der Waals surface area contributed by atoms with Gasteiger partial charge in [-0.25, -0.2) is 4.79 Å². The second-order valence-electron chi connectivity index (χ2n) is 8.78. The van der Waals surface area contributed by atoms with Gasteiger partial charge in [0.05, 0.1) is 12.6 Å². The Morgan fingerprint density at radius 1 is 0.944 bits per heavy atom. The summed E-state index contributed by atoms with van der Waals surface area (Å²) in [6, 6.07) is 1.49. The predicted molar refractivity (Wildman–Crippen MR) is 133 cm³/mol. The summed E-state index contributed by atoms with van der Waals surface area (Å²) in [5, 5.41) is 35.9. The maximum atomic E-state index is 12.9. The molecule has 0 saturated heterocycles. The van der Waals surface area contributed by atoms with Gasteiger partial charge in [-0.3, -0.25) is 14.4 Å². The third-order valence-corrected chi connectivity index (χ3v) is 5.90. The molecule has 202 valence electrons. The van der Waals surface area contributed by atoms with E-state index in [1.54, 1.807) is 26.0 Å². The van der Waals surface area contributed by atoms with Crippen LogP contribution in [0.2, 0.25) is 0 Å². The molecule has 1 aromatic carbocycles. The van der Waals surface area contributed by atoms with Gasteiger partial charge < -0.3 is 42.7 Å². The molecule has 36 heavy (non-hydrogen) atoms. The van der Waals surface area contributed by atoms with Gasteiger partial charge in [-0.2, -0.15) is 0 Å². The van der Waals surface area contributed by atoms with Crippen LogP contribution >= 0.6 is 0 Å². The molecule has 0 aliphatic heterocycles. The number of carbonyl (C=O) groups excluding carboxylic acids is 3. The number of amides is 3. The van der Waals surface area contributed by atoms with Crippen LogP contribution in [0.5, 0.6) is 5.75 Å². The number of aliphatic carboxylic acids is 1. The molecule has 0 saturated carbocycles. The lowest BCUT2D eigenvalue weighted by molar-refractivity contribution is -0.143. The Balaban J connectivity index is 2.83. The zero-order chi connectivity index (χ0) is 27.3. The normalized spacial score (nSPS) is 15.1. The molecule has 10 N–H and O–H groups in total. The van der Waals surface area contributed by atoms with Crippen LogP contribution in [0.1, 0.15) is 45.1 Å². The number of benzene rings is 1. The largest absolute Gasteiger partial charge is 0.508 e. The molecule has 0 aromatic heterocycles. The molecule has 0 spiro atoms. The molecule has 5 atom stereocenters. The van der Waals surface area contributed by atoms with Gasteiger partial charge in [0.1, 0.15) is 23.9 Å². The van der Waals surface area contributed by atoms with Crippen LogP contribution in [0.3, 0.4) is 0 Å². The first-order chi connectivity index (χ1) is 17.0. The van der Waals surface area contributed by atoms with Gasteiger partial charge in [-0.1, -0.05) is 32.4 Å². The molecule has 0 bridgehead atoms. The van der Waals surface area contributed by atoms with Gasteiger partial charge >= 0.3 is 5.97 Å². The van der Waals surface area contributed by atoms with Crippen molar-refractivity contribution in [3.05, 3.63) is 29.8 Å². The van der Waals surface area contributed by atoms with E-state index in [1.165, 1.54) is 12.1 Å². The highest BCUT2D eigenvalue weighted by Crippen LogP contribution is 2.12. The Morgan fingerprint density at radius 3 is 2.08 bits per heavy atom. The maximum Gasteiger partial charge on any atom is 0.326 e. The van der Waals surface area contributed by atoms with Crippen LogP contribution in [0.25, 0.3) is 0 Å². The van der Waals surface area contributed by atoms with Crippen molar-refractivity contribution in [2.24, 2.45) is 17.4 Å². The molecule has 3 amide bonds. The third kappa shape index (κ3) is 10.2. The number of rotatable bonds is 16. The van der Waals surface area contributed by atoms with E-state index in [0.717, 1.165) is 0 Å². The zero-order valence-electron chi connectivity index (χ0n) is 20.8. The molecule has 1 aromatic rings. The van der Waals surface area contributed by atoms with E-state index in [0.29, 0.717) is 31.4 Å². The summed E-state index contributed by atoms with van der Waals surface area (Å²) in [4.78, 5) is 49.8. The van der Waals surface area contributed by atoms with E-state index in [4.69, 9.17) is 11.5 Å². The van der Waals surface area contributed by atoms with Crippen LogP contribution < -0.4 is 27.4 Å². The van der Waals surface area contributed by atoms with Crippen molar-refractivity contribution in [3.63, 3.8) is 0 Å². The summed E-state index contributed by atoms with van der Waals surface area (Å²) >= 11 is 0. The molecule has 0 radical (unpaired) electrons. The predicted octanol–water partition coefficient (Wildman–Crippen LogP) is -1.03. The molecular weight excluding hydrogens is 470 g/mol. The Hall–Kier alpha value is -3.22. The monoisotopic (exact) mass is 509 g/mol. The van der Waals surface area contributed by atoms with E-state index in [9.17, 15) is 34.5 Å². The number of aliphatic hydroxyl groups excluding tert-OH is 1. The van der Waals surface area contributed by atoms with Crippen molar-refractivity contribution in [3.8, 4) is 5.75 Å². The first-order valence-electron chi connectivity index (χ1n) is 12.0. The maximum absolute atomic E-state index is 12.9. The van der Waals surface area contributed by atoms with Gasteiger partial charge in [-0.05, 0) is 55.8 Å². The second-order valence-corrected chi connectivity index (χ2v) is 8.78. The van der Waals surface area contributed by atoms with Gasteiger partial charge in [0.25, 0.3) is 0 Å². The van der Waals surface area contributed by atoms with E-state index in [1.807, 2.05) is 0 Å². The highest BCUT2D eigenvalue weighted by atomic mass is 16.4. The summed E-state index contributed by atoms with van der Waals surface area (Å²) in [6.07, 6.45) is 1.93. The topological polar surface area (TPSA) is 217 Å². The van der Waals surface area contributed by atoms with Crippen molar-refractivity contribution in [2.45, 2.75) is 70.1 Å². The molecule has 12 heteroatoms. The molecule has 12 nitrogen and oxygen atoms in total. The molecule has 0 fully saturated rings. The quantitative estimate of drug-likeness (QED) is 0.128. The summed E-state index contributed by atoms with van der Waals surface area (Å²) in [7, 11) is 0. The number of unbranched alkanes of at least 4 members (excludes halogenated alkanes) is 1. The van der Waals surface area contributed by atoms with Crippen molar-refractivity contribution in [2.75, 3.05) is 13.2 Å². The smallest absolute Gasteiger partial charge is 0.326 e. The van der Waals surface area contributed by atoms with Gasteiger partial charge in [-0.15, -0.1) is 0 Å². The van der Waals surface area contributed by atoms with Gasteiger partial charge in [0.15, 0.2) is 0 Å². The fourth-order valence-electron chi connectivity index (χ4n) is 3.42. The molecule has 0 aliphatic rings. The lowest BCUT2D eigenvalue weighted by atomic mass is 9.97. The Labute approximate surface area is 210 Å². The third-order valence-electron chi connectivity index (χ3n) is 5.90. The van der Waals surface area contributed by atoms with E-state index in [-0.39, 0.29) is 24.5 Å². The molecule has 0 aliphatic carbocycles. The van der Waals surface area contributed by atoms with Gasteiger partial charge in [0.2, 0.25) is 17.7 Å². The molecule has 0 heterocycles. The summed E-state index contributed by atoms with van der Waals surface area (Å²) in [6.45, 7) is 3.18. The standard InChI is InChI=1S/C24H39N5O7/c1-3-14(2)20(23(34)27-18(24(35)36)6-4-5-11-25)29-22(33)19(13-30)28-21(32)17(26)12-15-7-9-16(31)10-8-15/h7-10,14,17-20,30-31H,3-6,11-13,25-26H2,1-2H3,(H,27,34)(H,28,32)(H,29,33)(H,35,36). The number of aromatic hydroxyl groups is 1. The number of phenolic OH excluding ortho intramolecular Hbond substituents is 1. The number of carboxylic acid groups (broad SMARTS) is 1. The average Bonchev–Trinajstić information content (AvgIpc) is 2.85. The van der Waals surface area contributed by atoms with Crippen LogP contribution in [-0.4, -0.2) is 76.3 Å². The first-order valence-corrected chi connectivity index (χ1v) is 12.0. The lowest BCUT2D eigenvalue weighted by Gasteiger charge is -2.27. The van der Waals surface area contributed by atoms with Crippen molar-refractivity contribution in [1.82, 2.24) is 16.0 Å². The Morgan fingerprint density at radius 2 is 1.56 bits per heavy atom. The van der Waals surface area contributed by atoms with Gasteiger partial charge in [0, 0.05) is 0 Å². The summed E-state index contributed by atoms with van der Waals surface area (Å²) in [5.74, 6) is -3.66. The number of nitrogens with two attached hydrogens (primary N) is 2. The van der Waals surface area contributed by atoms with E-state index in [2.05, 4.69) is 16.0 Å². The first kappa shape index (κ1) is 30.8. The second kappa shape index (κ2) is 15.7. The number of phenols is 1. The Kier molecular flexibility index (Phi) is 13.4. The average molecular weight is 510 g/mol. The van der Waals surface area contributed by atoms with E-state index >= 15 is 0 Å². The van der Waals surface area contributed by atoms with Crippen molar-refractivity contribution < 1.29 is 34.5 Å². The molecule has 5 unspecified atom stereocenters. The fraction of sp³-hybridized carbons (Fsp3) is 0.583. The minimum absolute atomic E-state index is 0.0684. The number of hydrogen-bond acceptors (Lipinski definition) is 8. The van der Waals surface area contributed by atoms with Crippen LogP contribution in [0.15, 0.2) is 24.3 Å². The van der Waals surface area contributed by atoms with Crippen LogP contribution in [0.4, 0.5) is 0 Å². The lowest BCUT2D eigenvalue weighted by Crippen LogP contribution is -2.59. The highest BCUT2D eigenvalue weighted by molar-refractivity contribution is 5.94. The van der Waals surface area contributed by atoms with Crippen LogP contribution in [-0.2, 0) is 25.6 Å². The number of aliphatic hydroxyl groups is 1. The summed E-state index contributed by atoms with van der Waals surface area (Å²) < 4.78 is 0. The van der Waals surface area contributed by atoms with Crippen molar-refractivity contribution >= 4 is 23.7 Å². The molecular formula is C24H39N5O7. The van der Waals surface area contributed by atoms with E-state index < -0.39 is 54.5 Å². The minimum Gasteiger partial charge on any atom is -0.508 e. The minimum atomic E-state index is -1.37. The summed E-state index contributed by atoms with van der Waals surface area (Å²) in [5.41, 5.74) is 12.1. The number of carboxylic acids is 1. The SMILES string of the molecule is CCC(C)C(NC(=O)C(CO)NC(=O)C(N)Cc1ccc(O)cc1)C(=O)NC(CCCCN)C(=O)O. The Bertz CT molecular complexity index is 865. The fourth-order valence-corrected chi connectivity index (χ4v) is 3.42. The number of hydrogen-bond donors (Lipinski definition) is 8. The zero-order valence-corrected chi connectivity index (χ0v) is 20.8. The number of nitrogens with one attached hydrogen (secondary N) is 3. The number of carbonyl (C=O) groups is 4. The van der Waals surface area contributed by atoms with Crippen molar-refractivity contribution in [1.29, 1.82) is 0 Å². The highest BCUT2D eigenvalue weighted by Gasteiger charge is 2.32.